The summed E-state index contributed by atoms with van der Waals surface area (Å²) in [6, 6.07) is -1.57. The molecule has 0 aromatic rings. The molecule has 2 aliphatic rings. The van der Waals surface area contributed by atoms with E-state index >= 15 is 0 Å². The Morgan fingerprint density at radius 2 is 2.14 bits per heavy atom. The standard InChI is InChI=1S/C13H19N3O5/c1-7(2)21-11(17)6-20-16-10-5-15(13(16)19)9(12(14)18)4-8(10)3/h4,7,9-10H,5-6H2,1-3H3,(H2,14,18)/t9-,10-/m0/s1. The third kappa shape index (κ3) is 2.99. The van der Waals surface area contributed by atoms with E-state index in [0.29, 0.717) is 6.54 Å². The van der Waals surface area contributed by atoms with Gasteiger partial charge in [0, 0.05) is 0 Å². The minimum atomic E-state index is -0.773. The van der Waals surface area contributed by atoms with Gasteiger partial charge in [0.05, 0.1) is 18.7 Å². The number of carbonyl (C=O) groups excluding carboxylic acids is 3. The van der Waals surface area contributed by atoms with Crippen molar-refractivity contribution in [3.63, 3.8) is 0 Å². The highest BCUT2D eigenvalue weighted by molar-refractivity contribution is 5.90. The first kappa shape index (κ1) is 15.3. The van der Waals surface area contributed by atoms with Gasteiger partial charge in [0.1, 0.15) is 6.04 Å². The number of nitrogens with zero attached hydrogens (tertiary/aromatic N) is 2. The number of primary amides is 1. The Morgan fingerprint density at radius 1 is 1.48 bits per heavy atom. The van der Waals surface area contributed by atoms with Crippen LogP contribution in [0, 0.1) is 0 Å². The predicted molar refractivity (Wildman–Crippen MR) is 71.6 cm³/mol. The van der Waals surface area contributed by atoms with Crippen LogP contribution in [0.1, 0.15) is 20.8 Å². The van der Waals surface area contributed by atoms with Gasteiger partial charge in [0.15, 0.2) is 6.61 Å². The number of esters is 1. The third-order valence-electron chi connectivity index (χ3n) is 3.35. The number of urea groups is 1. The van der Waals surface area contributed by atoms with Gasteiger partial charge in [-0.1, -0.05) is 6.08 Å². The van der Waals surface area contributed by atoms with Gasteiger partial charge in [-0.15, -0.1) is 0 Å². The van der Waals surface area contributed by atoms with E-state index in [-0.39, 0.29) is 18.8 Å². The molecule has 2 atom stereocenters. The van der Waals surface area contributed by atoms with E-state index < -0.39 is 23.9 Å². The highest BCUT2D eigenvalue weighted by Gasteiger charge is 2.47. The summed E-state index contributed by atoms with van der Waals surface area (Å²) in [5.74, 6) is -1.15. The molecule has 8 heteroatoms. The number of rotatable bonds is 5. The molecule has 1 saturated heterocycles. The largest absolute Gasteiger partial charge is 0.461 e. The fourth-order valence-electron chi connectivity index (χ4n) is 2.41. The van der Waals surface area contributed by atoms with Crippen molar-refractivity contribution in [2.45, 2.75) is 39.0 Å². The maximum atomic E-state index is 12.2. The molecular weight excluding hydrogens is 278 g/mol. The number of nitrogens with two attached hydrogens (primary N) is 1. The van der Waals surface area contributed by atoms with E-state index in [1.807, 2.05) is 0 Å². The van der Waals surface area contributed by atoms with E-state index in [1.165, 1.54) is 4.90 Å². The molecule has 21 heavy (non-hydrogen) atoms. The van der Waals surface area contributed by atoms with Crippen LogP contribution in [0.5, 0.6) is 0 Å². The molecule has 2 heterocycles. The van der Waals surface area contributed by atoms with Crippen LogP contribution in [0.15, 0.2) is 11.6 Å². The van der Waals surface area contributed by atoms with Crippen molar-refractivity contribution in [2.24, 2.45) is 5.73 Å². The molecule has 8 nitrogen and oxygen atoms in total. The van der Waals surface area contributed by atoms with Crippen molar-refractivity contribution in [1.82, 2.24) is 9.96 Å². The molecule has 116 valence electrons. The summed E-state index contributed by atoms with van der Waals surface area (Å²) in [5.41, 5.74) is 6.09. The molecule has 0 spiro atoms. The lowest BCUT2D eigenvalue weighted by molar-refractivity contribution is -0.173. The normalized spacial score (nSPS) is 24.4. The minimum Gasteiger partial charge on any atom is -0.461 e. The average molecular weight is 297 g/mol. The van der Waals surface area contributed by atoms with Crippen LogP contribution in [0.25, 0.3) is 0 Å². The van der Waals surface area contributed by atoms with Crippen molar-refractivity contribution in [3.05, 3.63) is 11.6 Å². The SMILES string of the molecule is CC1=C[C@@H](C(N)=O)N2C[C@@H]1N(OCC(=O)OC(C)C)C2=O. The zero-order valence-corrected chi connectivity index (χ0v) is 12.2. The van der Waals surface area contributed by atoms with Crippen LogP contribution < -0.4 is 5.73 Å². The number of fused-ring (bicyclic) bond motifs is 2. The molecule has 2 bridgehead atoms. The molecule has 0 aromatic heterocycles. The second kappa shape index (κ2) is 5.72. The van der Waals surface area contributed by atoms with Crippen LogP contribution in [0.3, 0.4) is 0 Å². The number of hydroxylamine groups is 2. The molecule has 2 N–H and O–H groups in total. The molecule has 0 radical (unpaired) electrons. The lowest BCUT2D eigenvalue weighted by Gasteiger charge is -2.26. The van der Waals surface area contributed by atoms with E-state index in [2.05, 4.69) is 0 Å². The van der Waals surface area contributed by atoms with Crippen molar-refractivity contribution in [1.29, 1.82) is 0 Å². The topological polar surface area (TPSA) is 102 Å². The van der Waals surface area contributed by atoms with Gasteiger partial charge in [0.25, 0.3) is 0 Å². The van der Waals surface area contributed by atoms with Crippen LogP contribution in [0.4, 0.5) is 4.79 Å². The van der Waals surface area contributed by atoms with E-state index in [9.17, 15) is 14.4 Å². The lowest BCUT2D eigenvalue weighted by atomic mass is 10.0. The smallest absolute Gasteiger partial charge is 0.345 e. The quantitative estimate of drug-likeness (QED) is 0.559. The first-order chi connectivity index (χ1) is 9.81. The number of hydrogen-bond donors (Lipinski definition) is 1. The molecule has 3 amide bonds. The van der Waals surface area contributed by atoms with Gasteiger partial charge in [-0.2, -0.15) is 5.06 Å². The second-order valence-electron chi connectivity index (χ2n) is 5.35. The predicted octanol–water partition coefficient (Wildman–Crippen LogP) is -0.210. The Balaban J connectivity index is 2.04. The summed E-state index contributed by atoms with van der Waals surface area (Å²) in [7, 11) is 0. The first-order valence-corrected chi connectivity index (χ1v) is 6.71. The first-order valence-electron chi connectivity index (χ1n) is 6.71. The van der Waals surface area contributed by atoms with Crippen LogP contribution >= 0.6 is 0 Å². The monoisotopic (exact) mass is 297 g/mol. The van der Waals surface area contributed by atoms with Gasteiger partial charge in [-0.25, -0.2) is 9.59 Å². The van der Waals surface area contributed by atoms with Gasteiger partial charge in [-0.05, 0) is 26.3 Å². The third-order valence-corrected chi connectivity index (χ3v) is 3.35. The summed E-state index contributed by atoms with van der Waals surface area (Å²) >= 11 is 0. The molecule has 0 aliphatic carbocycles. The van der Waals surface area contributed by atoms with E-state index in [0.717, 1.165) is 10.6 Å². The fourth-order valence-corrected chi connectivity index (χ4v) is 2.41. The van der Waals surface area contributed by atoms with Gasteiger partial charge < -0.3 is 15.4 Å². The number of hydrogen-bond acceptors (Lipinski definition) is 5. The molecular formula is C13H19N3O5. The van der Waals surface area contributed by atoms with Crippen molar-refractivity contribution in [2.75, 3.05) is 13.2 Å². The fraction of sp³-hybridized carbons (Fsp3) is 0.615. The molecule has 2 aliphatic heterocycles. The van der Waals surface area contributed by atoms with Gasteiger partial charge in [0.2, 0.25) is 5.91 Å². The van der Waals surface area contributed by atoms with Crippen LogP contribution in [-0.4, -0.2) is 59.2 Å². The second-order valence-corrected chi connectivity index (χ2v) is 5.35. The maximum Gasteiger partial charge on any atom is 0.345 e. The summed E-state index contributed by atoms with van der Waals surface area (Å²) in [6.45, 7) is 5.19. The van der Waals surface area contributed by atoms with Gasteiger partial charge in [-0.3, -0.25) is 9.63 Å². The summed E-state index contributed by atoms with van der Waals surface area (Å²) in [6.07, 6.45) is 1.39. The van der Waals surface area contributed by atoms with Crippen molar-refractivity contribution in [3.8, 4) is 0 Å². The van der Waals surface area contributed by atoms with Crippen LogP contribution in [-0.2, 0) is 19.2 Å². The molecule has 0 aromatic carbocycles. The lowest BCUT2D eigenvalue weighted by Crippen LogP contribution is -2.46. The summed E-state index contributed by atoms with van der Waals surface area (Å²) in [4.78, 5) is 41.7. The zero-order chi connectivity index (χ0) is 15.7. The summed E-state index contributed by atoms with van der Waals surface area (Å²) in [5, 5.41) is 1.11. The molecule has 0 unspecified atom stereocenters. The Kier molecular flexibility index (Phi) is 4.17. The Labute approximate surface area is 122 Å². The average Bonchev–Trinajstić information content (AvgIpc) is 2.65. The molecule has 1 fully saturated rings. The van der Waals surface area contributed by atoms with Crippen molar-refractivity contribution < 1.29 is 24.0 Å². The highest BCUT2D eigenvalue weighted by atomic mass is 16.7. The Hall–Kier alpha value is -2.09. The Morgan fingerprint density at radius 3 is 2.71 bits per heavy atom. The van der Waals surface area contributed by atoms with Crippen LogP contribution in [0.2, 0.25) is 0 Å². The molecule has 0 saturated carbocycles. The minimum absolute atomic E-state index is 0.251. The molecule has 2 rings (SSSR count). The number of amides is 3. The summed E-state index contributed by atoms with van der Waals surface area (Å²) < 4.78 is 4.94. The highest BCUT2D eigenvalue weighted by Crippen LogP contribution is 2.29. The number of ether oxygens (including phenoxy) is 1. The van der Waals surface area contributed by atoms with E-state index in [4.69, 9.17) is 15.3 Å². The maximum absolute atomic E-state index is 12.2. The van der Waals surface area contributed by atoms with Crippen molar-refractivity contribution >= 4 is 17.9 Å². The van der Waals surface area contributed by atoms with E-state index in [1.54, 1.807) is 26.8 Å². The van der Waals surface area contributed by atoms with Gasteiger partial charge >= 0.3 is 12.0 Å². The number of carbonyl (C=O) groups is 3. The zero-order valence-electron chi connectivity index (χ0n) is 12.2. The Bertz CT molecular complexity index is 502.